The maximum absolute atomic E-state index is 5.01. The van der Waals surface area contributed by atoms with Crippen molar-refractivity contribution in [2.24, 2.45) is 4.99 Å². The molecular formula is C20H24N2. The average molecular weight is 292 g/mol. The fourth-order valence-corrected chi connectivity index (χ4v) is 3.07. The summed E-state index contributed by atoms with van der Waals surface area (Å²) in [5.74, 6) is 0.452. The third-order valence-corrected chi connectivity index (χ3v) is 4.41. The lowest BCUT2D eigenvalue weighted by atomic mass is 9.93. The van der Waals surface area contributed by atoms with Gasteiger partial charge in [0.15, 0.2) is 0 Å². The van der Waals surface area contributed by atoms with Crippen LogP contribution in [0.25, 0.3) is 0 Å². The standard InChI is InChI=1S/C20H24N2/c1-13(2)17-12-11-16-9-6-10-18(20(16)21-17)22-19-14(3)7-5-8-15(19)4/h5,7-8,11-13H,6,9-10H2,1-4H3. The Balaban J connectivity index is 2.11. The first-order valence-corrected chi connectivity index (χ1v) is 8.20. The van der Waals surface area contributed by atoms with Gasteiger partial charge in [0, 0.05) is 5.69 Å². The minimum atomic E-state index is 0.452. The zero-order valence-corrected chi connectivity index (χ0v) is 14.0. The molecule has 0 unspecified atom stereocenters. The van der Waals surface area contributed by atoms with E-state index in [-0.39, 0.29) is 0 Å². The number of pyridine rings is 1. The second-order valence-corrected chi connectivity index (χ2v) is 6.55. The van der Waals surface area contributed by atoms with Crippen LogP contribution in [0.5, 0.6) is 0 Å². The van der Waals surface area contributed by atoms with Crippen molar-refractivity contribution < 1.29 is 0 Å². The number of nitrogens with zero attached hydrogens (tertiary/aromatic N) is 2. The molecule has 0 bridgehead atoms. The van der Waals surface area contributed by atoms with Gasteiger partial charge in [-0.3, -0.25) is 9.98 Å². The van der Waals surface area contributed by atoms with Crippen LogP contribution in [0.1, 0.15) is 60.7 Å². The van der Waals surface area contributed by atoms with Crippen molar-refractivity contribution in [1.29, 1.82) is 0 Å². The minimum absolute atomic E-state index is 0.452. The van der Waals surface area contributed by atoms with Crippen molar-refractivity contribution in [2.75, 3.05) is 0 Å². The Hall–Kier alpha value is -1.96. The minimum Gasteiger partial charge on any atom is -0.251 e. The highest BCUT2D eigenvalue weighted by Crippen LogP contribution is 2.28. The molecule has 1 heterocycles. The van der Waals surface area contributed by atoms with E-state index in [4.69, 9.17) is 9.98 Å². The van der Waals surface area contributed by atoms with Crippen LogP contribution in [0.15, 0.2) is 35.3 Å². The molecule has 2 heteroatoms. The lowest BCUT2D eigenvalue weighted by Gasteiger charge is -2.19. The number of fused-ring (bicyclic) bond motifs is 1. The van der Waals surface area contributed by atoms with Gasteiger partial charge in [-0.25, -0.2) is 0 Å². The van der Waals surface area contributed by atoms with Gasteiger partial charge in [0.2, 0.25) is 0 Å². The highest BCUT2D eigenvalue weighted by atomic mass is 14.8. The quantitative estimate of drug-likeness (QED) is 0.739. The first-order valence-electron chi connectivity index (χ1n) is 8.20. The summed E-state index contributed by atoms with van der Waals surface area (Å²) in [4.78, 5) is 9.93. The normalized spacial score (nSPS) is 16.1. The topological polar surface area (TPSA) is 25.2 Å². The van der Waals surface area contributed by atoms with E-state index >= 15 is 0 Å². The molecule has 0 spiro atoms. The van der Waals surface area contributed by atoms with Gasteiger partial charge in [-0.15, -0.1) is 0 Å². The molecule has 0 aliphatic heterocycles. The number of hydrogen-bond donors (Lipinski definition) is 0. The smallest absolute Gasteiger partial charge is 0.0880 e. The summed E-state index contributed by atoms with van der Waals surface area (Å²) in [6.07, 6.45) is 3.31. The number of aliphatic imine (C=N–C) groups is 1. The molecule has 0 fully saturated rings. The Labute approximate surface area is 133 Å². The van der Waals surface area contributed by atoms with E-state index in [1.807, 2.05) is 0 Å². The molecule has 1 aromatic carbocycles. The van der Waals surface area contributed by atoms with Crippen molar-refractivity contribution in [3.05, 3.63) is 58.4 Å². The van der Waals surface area contributed by atoms with E-state index < -0.39 is 0 Å². The molecular weight excluding hydrogens is 268 g/mol. The van der Waals surface area contributed by atoms with Crippen LogP contribution in [0, 0.1) is 13.8 Å². The van der Waals surface area contributed by atoms with Crippen LogP contribution >= 0.6 is 0 Å². The lowest BCUT2D eigenvalue weighted by Crippen LogP contribution is -2.15. The maximum atomic E-state index is 5.01. The molecule has 1 aromatic heterocycles. The summed E-state index contributed by atoms with van der Waals surface area (Å²) < 4.78 is 0. The van der Waals surface area contributed by atoms with Crippen molar-refractivity contribution in [3.8, 4) is 0 Å². The van der Waals surface area contributed by atoms with E-state index in [0.29, 0.717) is 5.92 Å². The molecule has 1 aliphatic rings. The molecule has 114 valence electrons. The van der Waals surface area contributed by atoms with Gasteiger partial charge >= 0.3 is 0 Å². The van der Waals surface area contributed by atoms with Crippen LogP contribution in [0.4, 0.5) is 5.69 Å². The van der Waals surface area contributed by atoms with Crippen LogP contribution in [0.2, 0.25) is 0 Å². The fourth-order valence-electron chi connectivity index (χ4n) is 3.07. The van der Waals surface area contributed by atoms with Gasteiger partial charge in [0.25, 0.3) is 0 Å². The highest BCUT2D eigenvalue weighted by molar-refractivity contribution is 6.02. The van der Waals surface area contributed by atoms with Gasteiger partial charge in [-0.05, 0) is 61.8 Å². The van der Waals surface area contributed by atoms with Gasteiger partial charge in [-0.1, -0.05) is 38.1 Å². The monoisotopic (exact) mass is 292 g/mol. The molecule has 0 N–H and O–H groups in total. The Morgan fingerprint density at radius 2 is 1.73 bits per heavy atom. The number of para-hydroxylation sites is 1. The molecule has 1 aliphatic carbocycles. The summed E-state index contributed by atoms with van der Waals surface area (Å²) in [5.41, 5.74) is 8.37. The predicted molar refractivity (Wildman–Crippen MR) is 93.4 cm³/mol. The Bertz CT molecular complexity index is 706. The van der Waals surface area contributed by atoms with Crippen molar-refractivity contribution in [1.82, 2.24) is 4.98 Å². The van der Waals surface area contributed by atoms with Crippen LogP contribution in [-0.2, 0) is 6.42 Å². The number of aryl methyl sites for hydroxylation is 3. The van der Waals surface area contributed by atoms with E-state index in [9.17, 15) is 0 Å². The van der Waals surface area contributed by atoms with E-state index in [1.54, 1.807) is 0 Å². The molecule has 2 nitrogen and oxygen atoms in total. The summed E-state index contributed by atoms with van der Waals surface area (Å²) in [7, 11) is 0. The van der Waals surface area contributed by atoms with Gasteiger partial charge in [0.05, 0.1) is 17.1 Å². The average Bonchev–Trinajstić information content (AvgIpc) is 2.50. The summed E-state index contributed by atoms with van der Waals surface area (Å²) in [6, 6.07) is 10.8. The molecule has 3 rings (SSSR count). The molecule has 0 saturated heterocycles. The van der Waals surface area contributed by atoms with Crippen LogP contribution in [0.3, 0.4) is 0 Å². The molecule has 0 radical (unpaired) electrons. The molecule has 22 heavy (non-hydrogen) atoms. The zero-order valence-electron chi connectivity index (χ0n) is 14.0. The third kappa shape index (κ3) is 2.83. The van der Waals surface area contributed by atoms with Crippen molar-refractivity contribution >= 4 is 11.4 Å². The number of rotatable bonds is 2. The van der Waals surface area contributed by atoms with E-state index in [2.05, 4.69) is 58.0 Å². The summed E-state index contributed by atoms with van der Waals surface area (Å²) >= 11 is 0. The van der Waals surface area contributed by atoms with Crippen LogP contribution in [-0.4, -0.2) is 10.7 Å². The molecule has 0 atom stereocenters. The second-order valence-electron chi connectivity index (χ2n) is 6.55. The largest absolute Gasteiger partial charge is 0.251 e. The number of benzene rings is 1. The van der Waals surface area contributed by atoms with E-state index in [0.717, 1.165) is 35.6 Å². The van der Waals surface area contributed by atoms with Gasteiger partial charge in [-0.2, -0.15) is 0 Å². The lowest BCUT2D eigenvalue weighted by molar-refractivity contribution is 0.786. The third-order valence-electron chi connectivity index (χ3n) is 4.41. The Kier molecular flexibility index (Phi) is 4.10. The Morgan fingerprint density at radius 1 is 1.00 bits per heavy atom. The number of aromatic nitrogens is 1. The summed E-state index contributed by atoms with van der Waals surface area (Å²) in [5, 5.41) is 0. The zero-order chi connectivity index (χ0) is 15.7. The fraction of sp³-hybridized carbons (Fsp3) is 0.400. The molecule has 0 saturated carbocycles. The highest BCUT2D eigenvalue weighted by Gasteiger charge is 2.19. The van der Waals surface area contributed by atoms with E-state index in [1.165, 1.54) is 23.1 Å². The number of hydrogen-bond acceptors (Lipinski definition) is 2. The maximum Gasteiger partial charge on any atom is 0.0880 e. The summed E-state index contributed by atoms with van der Waals surface area (Å²) in [6.45, 7) is 8.65. The first kappa shape index (κ1) is 15.0. The van der Waals surface area contributed by atoms with Crippen LogP contribution < -0.4 is 0 Å². The van der Waals surface area contributed by atoms with Crippen molar-refractivity contribution in [3.63, 3.8) is 0 Å². The first-order chi connectivity index (χ1) is 10.6. The molecule has 0 amide bonds. The second kappa shape index (κ2) is 6.04. The SMILES string of the molecule is Cc1cccc(C)c1N=C1CCCc2ccc(C(C)C)nc21. The van der Waals surface area contributed by atoms with Gasteiger partial charge in [0.1, 0.15) is 0 Å². The van der Waals surface area contributed by atoms with Gasteiger partial charge < -0.3 is 0 Å². The Morgan fingerprint density at radius 3 is 2.41 bits per heavy atom. The molecule has 2 aromatic rings. The van der Waals surface area contributed by atoms with Crippen molar-refractivity contribution in [2.45, 2.75) is 52.9 Å². The predicted octanol–water partition coefficient (Wildman–Crippen LogP) is 5.28.